The molecule has 0 bridgehead atoms. The summed E-state index contributed by atoms with van der Waals surface area (Å²) in [5.74, 6) is -0.237. The van der Waals surface area contributed by atoms with Crippen molar-refractivity contribution < 1.29 is 26.5 Å². The molecule has 0 aliphatic heterocycles. The normalized spacial score (nSPS) is 12.5. The molecular formula is C15H19AsN2O6. The van der Waals surface area contributed by atoms with Crippen molar-refractivity contribution in [2.24, 2.45) is 0 Å². The number of anilines is 1. The molecule has 1 aromatic heterocycles. The average molecular weight is 398 g/mol. The van der Waals surface area contributed by atoms with Crippen LogP contribution in [0.1, 0.15) is 18.2 Å². The van der Waals surface area contributed by atoms with Crippen molar-refractivity contribution in [1.82, 2.24) is 0 Å². The zero-order chi connectivity index (χ0) is 18.3. The summed E-state index contributed by atoms with van der Waals surface area (Å²) in [5, 5.41) is 21.5. The number of amides is 1. The fraction of sp³-hybridized carbons (Fsp3) is 0.200. The van der Waals surface area contributed by atoms with E-state index in [0.29, 0.717) is 5.69 Å². The van der Waals surface area contributed by atoms with Crippen LogP contribution in [0.4, 0.5) is 5.69 Å². The summed E-state index contributed by atoms with van der Waals surface area (Å²) in [7, 11) is 0. The molecule has 130 valence electrons. The molecule has 0 saturated heterocycles. The van der Waals surface area contributed by atoms with Gasteiger partial charge in [-0.3, -0.25) is 0 Å². The number of nitrogens with one attached hydrogen (secondary N) is 1. The van der Waals surface area contributed by atoms with Crippen LogP contribution in [0.3, 0.4) is 0 Å². The van der Waals surface area contributed by atoms with E-state index >= 15 is 0 Å². The van der Waals surface area contributed by atoms with Gasteiger partial charge in [0.15, 0.2) is 11.9 Å². The van der Waals surface area contributed by atoms with Gasteiger partial charge in [0.2, 0.25) is 0 Å². The van der Waals surface area contributed by atoms with E-state index < -0.39 is 14.2 Å². The Kier molecular flexibility index (Phi) is 7.18. The maximum atomic E-state index is 11.2. The van der Waals surface area contributed by atoms with Gasteiger partial charge in [0.05, 0.1) is 0 Å². The van der Waals surface area contributed by atoms with Gasteiger partial charge in [-0.1, -0.05) is 0 Å². The number of aryl methyl sites for hydroxylation is 1. The van der Waals surface area contributed by atoms with E-state index in [9.17, 15) is 13.7 Å². The zero-order valence-electron chi connectivity index (χ0n) is 13.5. The summed E-state index contributed by atoms with van der Waals surface area (Å²) >= 11 is -4.76. The van der Waals surface area contributed by atoms with Gasteiger partial charge in [-0.05, 0) is 13.0 Å². The van der Waals surface area contributed by atoms with Gasteiger partial charge in [0.25, 0.3) is 0 Å². The van der Waals surface area contributed by atoms with Gasteiger partial charge in [-0.15, -0.1) is 0 Å². The molecule has 1 aromatic carbocycles. The maximum Gasteiger partial charge on any atom is 0.192 e. The smallest absolute Gasteiger partial charge is 0.192 e. The summed E-state index contributed by atoms with van der Waals surface area (Å²) in [6, 6.07) is 9.17. The number of hydrogen-bond donors (Lipinski definition) is 3. The van der Waals surface area contributed by atoms with Gasteiger partial charge < -0.3 is 5.21 Å². The van der Waals surface area contributed by atoms with Crippen LogP contribution >= 0.6 is 0 Å². The van der Waals surface area contributed by atoms with Gasteiger partial charge in [-0.25, -0.2) is 0 Å². The fourth-order valence-electron chi connectivity index (χ4n) is 1.66. The van der Waals surface area contributed by atoms with Crippen LogP contribution in [0.15, 0.2) is 42.6 Å². The summed E-state index contributed by atoms with van der Waals surface area (Å²) in [6.07, 6.45) is 1.50. The van der Waals surface area contributed by atoms with E-state index in [1.54, 1.807) is 6.07 Å². The Labute approximate surface area is 142 Å². The molecule has 0 fully saturated rings. The second-order valence-corrected chi connectivity index (χ2v) is 8.54. The third kappa shape index (κ3) is 5.82. The Hall–Kier alpha value is -2.12. The van der Waals surface area contributed by atoms with Crippen LogP contribution in [-0.2, 0) is 12.4 Å². The van der Waals surface area contributed by atoms with Crippen LogP contribution in [0.25, 0.3) is 0 Å². The second-order valence-electron chi connectivity index (χ2n) is 4.93. The number of rotatable bonds is 3. The molecule has 2 aromatic rings. The van der Waals surface area contributed by atoms with E-state index in [0.717, 1.165) is 16.0 Å². The van der Waals surface area contributed by atoms with Crippen molar-refractivity contribution in [3.05, 3.63) is 59.1 Å². The summed E-state index contributed by atoms with van der Waals surface area (Å²) in [5.41, 5.74) is 2.31. The molecule has 24 heavy (non-hydrogen) atoms. The van der Waals surface area contributed by atoms with Crippen molar-refractivity contribution in [3.63, 3.8) is 0 Å². The largest absolute Gasteiger partial charge is 0.619 e. The minimum atomic E-state index is -4.76. The predicted molar refractivity (Wildman–Crippen MR) is 87.6 cm³/mol. The second kappa shape index (κ2) is 8.65. The predicted octanol–water partition coefficient (Wildman–Crippen LogP) is 0.640. The molecule has 1 heterocycles. The van der Waals surface area contributed by atoms with Crippen molar-refractivity contribution in [1.29, 1.82) is 0 Å². The van der Waals surface area contributed by atoms with Crippen LogP contribution in [0, 0.1) is 19.1 Å². The van der Waals surface area contributed by atoms with Gasteiger partial charge in [0, 0.05) is 18.6 Å². The Morgan fingerprint density at radius 2 is 1.83 bits per heavy atom. The first-order valence-corrected chi connectivity index (χ1v) is 10.2. The molecule has 0 aliphatic carbocycles. The summed E-state index contributed by atoms with van der Waals surface area (Å²) < 4.78 is 24.7. The Morgan fingerprint density at radius 3 is 2.25 bits per heavy atom. The number of aromatic nitrogens is 1. The van der Waals surface area contributed by atoms with Crippen LogP contribution in [-0.4, -0.2) is 29.4 Å². The molecule has 2 rings (SSSR count). The van der Waals surface area contributed by atoms with Crippen LogP contribution in [0.5, 0.6) is 0 Å². The number of pyridine rings is 1. The monoisotopic (exact) mass is 398 g/mol. The number of carbonyl (C=O) groups is 1. The van der Waals surface area contributed by atoms with Crippen molar-refractivity contribution in [2.75, 3.05) is 5.32 Å². The molecule has 1 amide bonds. The van der Waals surface area contributed by atoms with E-state index in [1.807, 2.05) is 19.9 Å². The molecule has 1 unspecified atom stereocenters. The zero-order valence-corrected chi connectivity index (χ0v) is 15.3. The first-order valence-electron chi connectivity index (χ1n) is 6.87. The van der Waals surface area contributed by atoms with E-state index in [2.05, 4.69) is 9.19 Å². The fourth-order valence-corrected chi connectivity index (χ4v) is 2.96. The van der Waals surface area contributed by atoms with Crippen LogP contribution < -0.4 is 14.4 Å². The number of benzene rings is 1. The minimum Gasteiger partial charge on any atom is -0.619 e. The molecular weight excluding hydrogens is 379 g/mol. The first-order chi connectivity index (χ1) is 11.2. The topological polar surface area (TPSA) is 123 Å². The van der Waals surface area contributed by atoms with E-state index in [4.69, 9.17) is 9.35 Å². The van der Waals surface area contributed by atoms with Crippen molar-refractivity contribution in [3.8, 4) is 0 Å². The Balaban J connectivity index is 0.000000272. The number of carbonyl (C=O) groups excluding carboxylic acids is 1. The molecule has 0 radical (unpaired) electrons. The molecule has 3 N–H and O–H groups in total. The van der Waals surface area contributed by atoms with Gasteiger partial charge in [0.1, 0.15) is 0 Å². The summed E-state index contributed by atoms with van der Waals surface area (Å²) in [6.45, 7) is 5.08. The molecule has 9 heteroatoms. The first kappa shape index (κ1) is 19.9. The molecule has 0 aliphatic rings. The SMILES string of the molecule is CC(=O)Nc1ccc([As](=O)(O)OO)cc1.Cc1ccc[n+]([O-])c1C. The standard InChI is InChI=1S/C8H10AsNO5.C7H9NO/c1-6(11)10-8-4-2-7(3-5-8)9(12,13)15-14;1-6-4-3-5-8(9)7(6)2/h2-5,14H,1H3,(H,10,11)(H,12,13);3-5H,1-2H3. The molecule has 0 saturated carbocycles. The molecule has 8 nitrogen and oxygen atoms in total. The van der Waals surface area contributed by atoms with Gasteiger partial charge >= 0.3 is 88.4 Å². The number of hydrogen-bond acceptors (Lipinski definition) is 5. The maximum absolute atomic E-state index is 11.2. The van der Waals surface area contributed by atoms with E-state index in [-0.39, 0.29) is 10.3 Å². The third-order valence-corrected chi connectivity index (χ3v) is 5.55. The van der Waals surface area contributed by atoms with Crippen molar-refractivity contribution >= 4 is 30.1 Å². The molecule has 0 spiro atoms. The minimum absolute atomic E-state index is 0.00438. The molecule has 1 atom stereocenters. The summed E-state index contributed by atoms with van der Waals surface area (Å²) in [4.78, 5) is 10.7. The van der Waals surface area contributed by atoms with Gasteiger partial charge in [-0.2, -0.15) is 4.73 Å². The average Bonchev–Trinajstić information content (AvgIpc) is 2.53. The van der Waals surface area contributed by atoms with E-state index in [1.165, 1.54) is 37.4 Å². The van der Waals surface area contributed by atoms with Crippen LogP contribution in [0.2, 0.25) is 0 Å². The third-order valence-electron chi connectivity index (χ3n) is 3.09. The Bertz CT molecular complexity index is 728. The Morgan fingerprint density at radius 1 is 1.25 bits per heavy atom. The number of nitrogens with zero attached hydrogens (tertiary/aromatic N) is 1. The van der Waals surface area contributed by atoms with Crippen molar-refractivity contribution in [2.45, 2.75) is 20.8 Å². The quantitative estimate of drug-likeness (QED) is 0.229.